The van der Waals surface area contributed by atoms with Gasteiger partial charge in [-0.3, -0.25) is 0 Å². The van der Waals surface area contributed by atoms with Gasteiger partial charge in [-0.05, 0) is 18.6 Å². The van der Waals surface area contributed by atoms with E-state index < -0.39 is 10.0 Å². The molecule has 0 saturated carbocycles. The van der Waals surface area contributed by atoms with Crippen molar-refractivity contribution in [2.24, 2.45) is 7.05 Å². The van der Waals surface area contributed by atoms with E-state index in [-0.39, 0.29) is 11.1 Å². The first-order valence-electron chi connectivity index (χ1n) is 7.19. The van der Waals surface area contributed by atoms with Gasteiger partial charge in [0.2, 0.25) is 0 Å². The zero-order chi connectivity index (χ0) is 15.0. The van der Waals surface area contributed by atoms with Crippen molar-refractivity contribution in [3.05, 3.63) is 36.5 Å². The van der Waals surface area contributed by atoms with Gasteiger partial charge in [0.05, 0.1) is 12.4 Å². The van der Waals surface area contributed by atoms with Gasteiger partial charge in [0.1, 0.15) is 0 Å². The quantitative estimate of drug-likeness (QED) is 0.865. The lowest BCUT2D eigenvalue weighted by atomic mass is 10.1. The zero-order valence-corrected chi connectivity index (χ0v) is 13.1. The second-order valence-electron chi connectivity index (χ2n) is 5.42. The van der Waals surface area contributed by atoms with Crippen molar-refractivity contribution in [1.29, 1.82) is 0 Å². The molecule has 0 bridgehead atoms. The number of hydrogen-bond donors (Lipinski definition) is 0. The van der Waals surface area contributed by atoms with Gasteiger partial charge in [-0.2, -0.15) is 4.31 Å². The molecule has 1 aliphatic heterocycles. The predicted molar refractivity (Wildman–Crippen MR) is 79.2 cm³/mol. The summed E-state index contributed by atoms with van der Waals surface area (Å²) < 4.78 is 31.1. The minimum atomic E-state index is -3.55. The van der Waals surface area contributed by atoms with Crippen molar-refractivity contribution >= 4 is 10.0 Å². The summed E-state index contributed by atoms with van der Waals surface area (Å²) in [5.74, 6) is 0. The number of fused-ring (bicyclic) bond motifs is 1. The lowest BCUT2D eigenvalue weighted by molar-refractivity contribution is 0.252. The van der Waals surface area contributed by atoms with Gasteiger partial charge >= 0.3 is 0 Å². The van der Waals surface area contributed by atoms with Crippen LogP contribution in [0.15, 0.2) is 35.9 Å². The molecule has 1 atom stereocenters. The van der Waals surface area contributed by atoms with Crippen molar-refractivity contribution in [3.63, 3.8) is 0 Å². The Kier molecular flexibility index (Phi) is 3.62. The van der Waals surface area contributed by atoms with E-state index in [2.05, 4.69) is 16.5 Å². The molecule has 114 valence electrons. The molecule has 0 radical (unpaired) electrons. The van der Waals surface area contributed by atoms with Crippen LogP contribution in [0.2, 0.25) is 0 Å². The minimum Gasteiger partial charge on any atom is -0.349 e. The first kappa shape index (κ1) is 14.3. The number of nitrogens with zero attached hydrogens (tertiary/aromatic N) is 4. The van der Waals surface area contributed by atoms with Crippen molar-refractivity contribution in [3.8, 4) is 0 Å². The maximum atomic E-state index is 12.9. The summed E-state index contributed by atoms with van der Waals surface area (Å²) in [6.07, 6.45) is 6.85. The molecule has 21 heavy (non-hydrogen) atoms. The summed E-state index contributed by atoms with van der Waals surface area (Å²) in [6.45, 7) is 3.26. The molecule has 2 aromatic rings. The smallest absolute Gasteiger partial charge is 0.262 e. The lowest BCUT2D eigenvalue weighted by Gasteiger charge is -2.35. The molecule has 0 N–H and O–H groups in total. The topological polar surface area (TPSA) is 60.1 Å². The van der Waals surface area contributed by atoms with Gasteiger partial charge in [0, 0.05) is 38.2 Å². The SMILES string of the molecule is CCCC1c2cccn2CCN1S(=O)(=O)c1cn(C)cn1. The van der Waals surface area contributed by atoms with Crippen LogP contribution in [0, 0.1) is 0 Å². The van der Waals surface area contributed by atoms with Crippen LogP contribution in [-0.4, -0.2) is 33.4 Å². The molecule has 0 spiro atoms. The number of sulfonamides is 1. The molecule has 0 saturated heterocycles. The van der Waals surface area contributed by atoms with Gasteiger partial charge < -0.3 is 9.13 Å². The molecule has 1 unspecified atom stereocenters. The molecule has 7 heteroatoms. The Labute approximate surface area is 125 Å². The Morgan fingerprint density at radius 2 is 2.19 bits per heavy atom. The lowest BCUT2D eigenvalue weighted by Crippen LogP contribution is -2.41. The van der Waals surface area contributed by atoms with Crippen LogP contribution in [0.25, 0.3) is 0 Å². The maximum absolute atomic E-state index is 12.9. The normalized spacial score (nSPS) is 19.6. The second-order valence-corrected chi connectivity index (χ2v) is 7.26. The van der Waals surface area contributed by atoms with Crippen molar-refractivity contribution in [1.82, 2.24) is 18.4 Å². The first-order valence-corrected chi connectivity index (χ1v) is 8.63. The number of hydrogen-bond acceptors (Lipinski definition) is 3. The second kappa shape index (κ2) is 5.31. The van der Waals surface area contributed by atoms with Crippen LogP contribution < -0.4 is 0 Å². The third-order valence-corrected chi connectivity index (χ3v) is 5.73. The Morgan fingerprint density at radius 3 is 2.86 bits per heavy atom. The number of imidazole rings is 1. The summed E-state index contributed by atoms with van der Waals surface area (Å²) in [5, 5.41) is 0.131. The van der Waals surface area contributed by atoms with E-state index in [1.807, 2.05) is 18.3 Å². The van der Waals surface area contributed by atoms with Crippen LogP contribution in [0.4, 0.5) is 0 Å². The number of rotatable bonds is 4. The highest BCUT2D eigenvalue weighted by Crippen LogP contribution is 2.34. The molecule has 2 aromatic heterocycles. The number of aromatic nitrogens is 3. The van der Waals surface area contributed by atoms with Gasteiger partial charge in [0.15, 0.2) is 5.03 Å². The first-order chi connectivity index (χ1) is 10.0. The summed E-state index contributed by atoms with van der Waals surface area (Å²) in [5.41, 5.74) is 1.07. The molecule has 6 nitrogen and oxygen atoms in total. The van der Waals surface area contributed by atoms with E-state index >= 15 is 0 Å². The van der Waals surface area contributed by atoms with Crippen LogP contribution >= 0.6 is 0 Å². The van der Waals surface area contributed by atoms with E-state index in [4.69, 9.17) is 0 Å². The van der Waals surface area contributed by atoms with Gasteiger partial charge in [-0.25, -0.2) is 13.4 Å². The van der Waals surface area contributed by atoms with Crippen molar-refractivity contribution in [2.45, 2.75) is 37.4 Å². The van der Waals surface area contributed by atoms with E-state index in [1.165, 1.54) is 6.33 Å². The van der Waals surface area contributed by atoms with Crippen LogP contribution in [0.3, 0.4) is 0 Å². The molecule has 1 aliphatic rings. The van der Waals surface area contributed by atoms with Crippen molar-refractivity contribution < 1.29 is 8.42 Å². The van der Waals surface area contributed by atoms with Gasteiger partial charge in [0.25, 0.3) is 10.0 Å². The highest BCUT2D eigenvalue weighted by molar-refractivity contribution is 7.89. The van der Waals surface area contributed by atoms with E-state index in [0.29, 0.717) is 13.1 Å². The average molecular weight is 308 g/mol. The predicted octanol–water partition coefficient (Wildman–Crippen LogP) is 1.77. The Balaban J connectivity index is 2.01. The fourth-order valence-electron chi connectivity index (χ4n) is 2.94. The van der Waals surface area contributed by atoms with Crippen LogP contribution in [0.1, 0.15) is 31.5 Å². The molecule has 3 heterocycles. The minimum absolute atomic E-state index is 0.106. The molecule has 0 aromatic carbocycles. The van der Waals surface area contributed by atoms with Gasteiger partial charge in [-0.1, -0.05) is 13.3 Å². The Hall–Kier alpha value is -1.60. The maximum Gasteiger partial charge on any atom is 0.262 e. The zero-order valence-electron chi connectivity index (χ0n) is 12.3. The molecular formula is C14H20N4O2S. The average Bonchev–Trinajstić information content (AvgIpc) is 3.07. The standard InChI is InChI=1S/C14H20N4O2S/c1-3-5-13-12-6-4-7-17(12)8-9-18(13)21(19,20)14-10-16(2)11-15-14/h4,6-7,10-11,13H,3,5,8-9H2,1-2H3. The van der Waals surface area contributed by atoms with Crippen molar-refractivity contribution in [2.75, 3.05) is 6.54 Å². The highest BCUT2D eigenvalue weighted by atomic mass is 32.2. The molecule has 0 aliphatic carbocycles. The number of aryl methyl sites for hydroxylation is 1. The Bertz CT molecular complexity index is 732. The molecular weight excluding hydrogens is 288 g/mol. The molecule has 0 fully saturated rings. The fraction of sp³-hybridized carbons (Fsp3) is 0.500. The summed E-state index contributed by atoms with van der Waals surface area (Å²) in [6, 6.07) is 3.89. The highest BCUT2D eigenvalue weighted by Gasteiger charge is 2.37. The van der Waals surface area contributed by atoms with E-state index in [0.717, 1.165) is 18.5 Å². The van der Waals surface area contributed by atoms with E-state index in [9.17, 15) is 8.42 Å². The molecule has 3 rings (SSSR count). The summed E-state index contributed by atoms with van der Waals surface area (Å²) in [4.78, 5) is 4.03. The van der Waals surface area contributed by atoms with Crippen LogP contribution in [0.5, 0.6) is 0 Å². The summed E-state index contributed by atoms with van der Waals surface area (Å²) >= 11 is 0. The third kappa shape index (κ3) is 2.40. The Morgan fingerprint density at radius 1 is 1.38 bits per heavy atom. The monoisotopic (exact) mass is 308 g/mol. The fourth-order valence-corrected chi connectivity index (χ4v) is 4.53. The van der Waals surface area contributed by atoms with Crippen LogP contribution in [-0.2, 0) is 23.6 Å². The van der Waals surface area contributed by atoms with E-state index in [1.54, 1.807) is 22.1 Å². The largest absolute Gasteiger partial charge is 0.349 e. The third-order valence-electron chi connectivity index (χ3n) is 3.93. The summed E-state index contributed by atoms with van der Waals surface area (Å²) in [7, 11) is -1.77. The molecule has 0 amide bonds. The van der Waals surface area contributed by atoms with Gasteiger partial charge in [-0.15, -0.1) is 0 Å².